The molecule has 3 atom stereocenters. The van der Waals surface area contributed by atoms with Crippen molar-refractivity contribution in [3.8, 4) is 0 Å². The van der Waals surface area contributed by atoms with Crippen LogP contribution >= 0.6 is 0 Å². The van der Waals surface area contributed by atoms with Gasteiger partial charge in [0, 0.05) is 13.5 Å². The first-order valence-electron chi connectivity index (χ1n) is 4.35. The predicted octanol–water partition coefficient (Wildman–Crippen LogP) is -1.28. The molecule has 0 aromatic rings. The summed E-state index contributed by atoms with van der Waals surface area (Å²) in [6, 6.07) is 0. The average Bonchev–Trinajstić information content (AvgIpc) is 2.15. The van der Waals surface area contributed by atoms with E-state index in [4.69, 9.17) is 14.6 Å². The molecule has 1 aliphatic heterocycles. The second-order valence-electron chi connectivity index (χ2n) is 3.21. The highest BCUT2D eigenvalue weighted by Crippen LogP contribution is 2.20. The molecule has 0 radical (unpaired) electrons. The molecule has 1 saturated heterocycles. The highest BCUT2D eigenvalue weighted by molar-refractivity contribution is 7.80. The average molecular weight is 255 g/mol. The van der Waals surface area contributed by atoms with Gasteiger partial charge in [-0.25, -0.2) is 13.2 Å². The zero-order valence-electron chi connectivity index (χ0n) is 8.36. The summed E-state index contributed by atoms with van der Waals surface area (Å²) in [5, 5.41) is 8.67. The summed E-state index contributed by atoms with van der Waals surface area (Å²) in [5.74, 6) is -1.18. The van der Waals surface area contributed by atoms with Crippen LogP contribution in [0.1, 0.15) is 6.42 Å². The van der Waals surface area contributed by atoms with E-state index < -0.39 is 34.7 Å². The van der Waals surface area contributed by atoms with Gasteiger partial charge < -0.3 is 19.1 Å². The Morgan fingerprint density at radius 2 is 2.12 bits per heavy atom. The summed E-state index contributed by atoms with van der Waals surface area (Å²) in [7, 11) is -3.60. The number of aliphatic carboxylic acids is 1. The molecule has 1 heterocycles. The molecule has 94 valence electrons. The Kier molecular flexibility index (Phi) is 4.21. The summed E-state index contributed by atoms with van der Waals surface area (Å²) >= 11 is 0. The van der Waals surface area contributed by atoms with Crippen LogP contribution < -0.4 is 0 Å². The van der Waals surface area contributed by atoms with Gasteiger partial charge in [0.1, 0.15) is 6.10 Å². The van der Waals surface area contributed by atoms with Gasteiger partial charge in [-0.3, -0.25) is 4.18 Å². The van der Waals surface area contributed by atoms with E-state index in [1.165, 1.54) is 7.11 Å². The maximum atomic E-state index is 10.6. The maximum absolute atomic E-state index is 10.6. The summed E-state index contributed by atoms with van der Waals surface area (Å²) in [5.41, 5.74) is 0. The van der Waals surface area contributed by atoms with Crippen molar-refractivity contribution in [3.63, 3.8) is 0 Å². The molecule has 0 saturated carbocycles. The summed E-state index contributed by atoms with van der Waals surface area (Å²) in [4.78, 5) is 10.6. The Bertz CT molecular complexity index is 349. The Morgan fingerprint density at radius 3 is 2.56 bits per heavy atom. The van der Waals surface area contributed by atoms with Crippen LogP contribution in [0.3, 0.4) is 0 Å². The Labute approximate surface area is 92.1 Å². The summed E-state index contributed by atoms with van der Waals surface area (Å²) in [6.07, 6.45) is -3.08. The SMILES string of the molecule is CO[C@@H]1CC(C(=O)O)OCC1OS(=O)(=O)[O-]. The third kappa shape index (κ3) is 3.68. The summed E-state index contributed by atoms with van der Waals surface area (Å²) in [6.45, 7) is -0.322. The summed E-state index contributed by atoms with van der Waals surface area (Å²) < 4.78 is 45.0. The number of hydrogen-bond donors (Lipinski definition) is 1. The van der Waals surface area contributed by atoms with Crippen molar-refractivity contribution < 1.29 is 36.5 Å². The highest BCUT2D eigenvalue weighted by Gasteiger charge is 2.36. The van der Waals surface area contributed by atoms with Gasteiger partial charge in [-0.15, -0.1) is 0 Å². The van der Waals surface area contributed by atoms with E-state index in [0.29, 0.717) is 0 Å². The fraction of sp³-hybridized carbons (Fsp3) is 0.857. The minimum Gasteiger partial charge on any atom is -0.726 e. The number of carboxylic acids is 1. The molecule has 0 aliphatic carbocycles. The third-order valence-corrected chi connectivity index (χ3v) is 2.63. The van der Waals surface area contributed by atoms with E-state index >= 15 is 0 Å². The first-order valence-corrected chi connectivity index (χ1v) is 5.68. The van der Waals surface area contributed by atoms with Gasteiger partial charge in [0.25, 0.3) is 0 Å². The fourth-order valence-corrected chi connectivity index (χ4v) is 1.89. The van der Waals surface area contributed by atoms with Crippen molar-refractivity contribution in [2.45, 2.75) is 24.7 Å². The Balaban J connectivity index is 2.65. The molecule has 1 fully saturated rings. The molecule has 1 rings (SSSR count). The van der Waals surface area contributed by atoms with E-state index in [1.807, 2.05) is 0 Å². The molecule has 16 heavy (non-hydrogen) atoms. The van der Waals surface area contributed by atoms with Crippen molar-refractivity contribution in [2.75, 3.05) is 13.7 Å². The molecule has 0 aromatic carbocycles. The lowest BCUT2D eigenvalue weighted by atomic mass is 10.0. The lowest BCUT2D eigenvalue weighted by molar-refractivity contribution is -0.169. The van der Waals surface area contributed by atoms with Crippen LogP contribution in [0.2, 0.25) is 0 Å². The van der Waals surface area contributed by atoms with Gasteiger partial charge in [0.05, 0.1) is 12.7 Å². The molecule has 0 amide bonds. The predicted molar refractivity (Wildman–Crippen MR) is 47.4 cm³/mol. The van der Waals surface area contributed by atoms with Gasteiger partial charge in [0.15, 0.2) is 6.10 Å². The smallest absolute Gasteiger partial charge is 0.332 e. The first-order chi connectivity index (χ1) is 7.33. The normalized spacial score (nSPS) is 31.2. The topological polar surface area (TPSA) is 122 Å². The molecule has 1 aliphatic rings. The Morgan fingerprint density at radius 1 is 1.50 bits per heavy atom. The lowest BCUT2D eigenvalue weighted by Crippen LogP contribution is -2.47. The molecule has 2 unspecified atom stereocenters. The highest BCUT2D eigenvalue weighted by atomic mass is 32.3. The number of carbonyl (C=O) groups is 1. The van der Waals surface area contributed by atoms with E-state index in [9.17, 15) is 17.8 Å². The van der Waals surface area contributed by atoms with Crippen LogP contribution in [0.25, 0.3) is 0 Å². The van der Waals surface area contributed by atoms with Crippen LogP contribution in [0, 0.1) is 0 Å². The molecular weight excluding hydrogens is 244 g/mol. The van der Waals surface area contributed by atoms with E-state index in [-0.39, 0.29) is 13.0 Å². The van der Waals surface area contributed by atoms with E-state index in [2.05, 4.69) is 4.18 Å². The van der Waals surface area contributed by atoms with E-state index in [1.54, 1.807) is 0 Å². The second-order valence-corrected chi connectivity index (χ2v) is 4.22. The quantitative estimate of drug-likeness (QED) is 0.486. The van der Waals surface area contributed by atoms with Crippen molar-refractivity contribution in [1.29, 1.82) is 0 Å². The third-order valence-electron chi connectivity index (χ3n) is 2.14. The Hall–Kier alpha value is -0.740. The molecular formula is C7H11O8S-. The minimum atomic E-state index is -4.86. The zero-order valence-corrected chi connectivity index (χ0v) is 9.18. The first kappa shape index (κ1) is 13.3. The largest absolute Gasteiger partial charge is 0.726 e. The minimum absolute atomic E-state index is 0.0774. The van der Waals surface area contributed by atoms with Crippen LogP contribution in [0.15, 0.2) is 0 Å². The van der Waals surface area contributed by atoms with Crippen molar-refractivity contribution in [1.82, 2.24) is 0 Å². The van der Waals surface area contributed by atoms with E-state index in [0.717, 1.165) is 0 Å². The van der Waals surface area contributed by atoms with Gasteiger partial charge in [-0.1, -0.05) is 0 Å². The molecule has 0 aromatic heterocycles. The number of ether oxygens (including phenoxy) is 2. The van der Waals surface area contributed by atoms with Crippen LogP contribution in [0.5, 0.6) is 0 Å². The lowest BCUT2D eigenvalue weighted by Gasteiger charge is -2.33. The van der Waals surface area contributed by atoms with Crippen molar-refractivity contribution >= 4 is 16.4 Å². The molecule has 0 spiro atoms. The van der Waals surface area contributed by atoms with Gasteiger partial charge in [-0.2, -0.15) is 0 Å². The van der Waals surface area contributed by atoms with Crippen LogP contribution in [-0.2, 0) is 28.9 Å². The van der Waals surface area contributed by atoms with Crippen LogP contribution in [-0.4, -0.2) is 56.1 Å². The van der Waals surface area contributed by atoms with Gasteiger partial charge >= 0.3 is 5.97 Å². The molecule has 0 bridgehead atoms. The van der Waals surface area contributed by atoms with Crippen LogP contribution in [0.4, 0.5) is 0 Å². The second kappa shape index (κ2) is 5.06. The van der Waals surface area contributed by atoms with Gasteiger partial charge in [-0.05, 0) is 0 Å². The number of carboxylic acid groups (broad SMARTS) is 1. The van der Waals surface area contributed by atoms with Crippen molar-refractivity contribution in [3.05, 3.63) is 0 Å². The molecule has 1 N–H and O–H groups in total. The molecule has 8 nitrogen and oxygen atoms in total. The zero-order chi connectivity index (χ0) is 12.3. The number of rotatable bonds is 4. The van der Waals surface area contributed by atoms with Crippen molar-refractivity contribution in [2.24, 2.45) is 0 Å². The van der Waals surface area contributed by atoms with Gasteiger partial charge in [0.2, 0.25) is 10.4 Å². The standard InChI is InChI=1S/C7H12O8S/c1-13-4-2-5(7(8)9)14-3-6(4)15-16(10,11)12/h4-6H,2-3H2,1H3,(H,8,9)(H,10,11,12)/p-1/t4-,5?,6?/m1/s1. The molecule has 9 heteroatoms. The monoisotopic (exact) mass is 255 g/mol. The fourth-order valence-electron chi connectivity index (χ4n) is 1.41. The maximum Gasteiger partial charge on any atom is 0.332 e. The number of hydrogen-bond acceptors (Lipinski definition) is 7. The number of methoxy groups -OCH3 is 1.